The van der Waals surface area contributed by atoms with Crippen molar-refractivity contribution in [1.82, 2.24) is 9.78 Å². The van der Waals surface area contributed by atoms with Crippen LogP contribution in [0.1, 0.15) is 44.0 Å². The Labute approximate surface area is 123 Å². The molecule has 0 bridgehead atoms. The van der Waals surface area contributed by atoms with Crippen molar-refractivity contribution in [3.05, 3.63) is 15.9 Å². The van der Waals surface area contributed by atoms with E-state index in [1.165, 1.54) is 6.42 Å². The molecule has 0 aromatic carbocycles. The van der Waals surface area contributed by atoms with Crippen LogP contribution in [-0.4, -0.2) is 33.7 Å². The van der Waals surface area contributed by atoms with Crippen molar-refractivity contribution in [2.45, 2.75) is 57.2 Å². The van der Waals surface area contributed by atoms with Crippen LogP contribution >= 0.6 is 15.9 Å². The number of halogens is 1. The maximum atomic E-state index is 10.3. The van der Waals surface area contributed by atoms with Gasteiger partial charge in [-0.1, -0.05) is 6.92 Å². The Morgan fingerprint density at radius 3 is 2.63 bits per heavy atom. The van der Waals surface area contributed by atoms with Crippen molar-refractivity contribution in [3.63, 3.8) is 0 Å². The summed E-state index contributed by atoms with van der Waals surface area (Å²) < 4.78 is 8.48. The van der Waals surface area contributed by atoms with E-state index in [1.807, 2.05) is 11.7 Å². The number of aliphatic hydroxyl groups excluding tert-OH is 1. The van der Waals surface area contributed by atoms with Crippen LogP contribution < -0.4 is 0 Å². The molecule has 1 saturated carbocycles. The van der Waals surface area contributed by atoms with Crippen LogP contribution in [0.3, 0.4) is 0 Å². The normalized spacial score (nSPS) is 19.2. The van der Waals surface area contributed by atoms with E-state index in [-0.39, 0.29) is 11.7 Å². The molecule has 0 amide bonds. The molecule has 1 aromatic rings. The van der Waals surface area contributed by atoms with Crippen LogP contribution in [0, 0.1) is 0 Å². The quantitative estimate of drug-likeness (QED) is 0.872. The van der Waals surface area contributed by atoms with Gasteiger partial charge in [0.05, 0.1) is 27.6 Å². The van der Waals surface area contributed by atoms with Crippen LogP contribution in [0.2, 0.25) is 0 Å². The molecule has 4 nitrogen and oxygen atoms in total. The van der Waals surface area contributed by atoms with E-state index < -0.39 is 0 Å². The first kappa shape index (κ1) is 15.0. The molecule has 0 aliphatic heterocycles. The van der Waals surface area contributed by atoms with E-state index >= 15 is 0 Å². The van der Waals surface area contributed by atoms with Crippen molar-refractivity contribution < 1.29 is 9.84 Å². The van der Waals surface area contributed by atoms with E-state index in [0.717, 1.165) is 35.1 Å². The fraction of sp³-hybridized carbons (Fsp3) is 0.786. The molecule has 1 aliphatic carbocycles. The van der Waals surface area contributed by atoms with E-state index in [4.69, 9.17) is 4.74 Å². The fourth-order valence-corrected chi connectivity index (χ4v) is 3.61. The molecular formula is C14H23BrN2O2. The average Bonchev–Trinajstić information content (AvgIpc) is 2.61. The Hall–Kier alpha value is -0.390. The maximum absolute atomic E-state index is 10.3. The molecule has 0 radical (unpaired) electrons. The van der Waals surface area contributed by atoms with Gasteiger partial charge in [0.25, 0.3) is 0 Å². The molecule has 1 N–H and O–H groups in total. The van der Waals surface area contributed by atoms with Crippen molar-refractivity contribution in [2.75, 3.05) is 7.11 Å². The summed E-state index contributed by atoms with van der Waals surface area (Å²) >= 11 is 3.59. The predicted molar refractivity (Wildman–Crippen MR) is 78.2 cm³/mol. The molecule has 108 valence electrons. The number of aryl methyl sites for hydroxylation is 2. The van der Waals surface area contributed by atoms with Gasteiger partial charge in [-0.05, 0) is 41.6 Å². The summed E-state index contributed by atoms with van der Waals surface area (Å²) in [5, 5.41) is 14.8. The van der Waals surface area contributed by atoms with Crippen LogP contribution in [0.25, 0.3) is 0 Å². The highest BCUT2D eigenvalue weighted by molar-refractivity contribution is 9.10. The number of methoxy groups -OCH3 is 1. The highest BCUT2D eigenvalue weighted by Gasteiger charge is 2.38. The highest BCUT2D eigenvalue weighted by Crippen LogP contribution is 2.39. The number of rotatable bonds is 6. The van der Waals surface area contributed by atoms with Gasteiger partial charge in [0.2, 0.25) is 0 Å². The highest BCUT2D eigenvalue weighted by atomic mass is 79.9. The zero-order chi connectivity index (χ0) is 14.0. The molecule has 1 atom stereocenters. The molecule has 1 heterocycles. The lowest BCUT2D eigenvalue weighted by molar-refractivity contribution is -0.0990. The minimum atomic E-state index is -0.378. The number of nitrogens with zero attached hydrogens (tertiary/aromatic N) is 2. The van der Waals surface area contributed by atoms with Crippen LogP contribution in [0.4, 0.5) is 0 Å². The van der Waals surface area contributed by atoms with Crippen LogP contribution in [0.15, 0.2) is 4.47 Å². The summed E-state index contributed by atoms with van der Waals surface area (Å²) in [4.78, 5) is 0. The van der Waals surface area contributed by atoms with Gasteiger partial charge in [0, 0.05) is 27.0 Å². The Morgan fingerprint density at radius 2 is 2.21 bits per heavy atom. The van der Waals surface area contributed by atoms with Crippen molar-refractivity contribution in [1.29, 1.82) is 0 Å². The van der Waals surface area contributed by atoms with E-state index in [2.05, 4.69) is 28.0 Å². The molecule has 1 unspecified atom stereocenters. The predicted octanol–water partition coefficient (Wildman–Crippen LogP) is 2.61. The first-order valence-corrected chi connectivity index (χ1v) is 7.74. The van der Waals surface area contributed by atoms with E-state index in [1.54, 1.807) is 7.11 Å². The van der Waals surface area contributed by atoms with Crippen molar-refractivity contribution in [3.8, 4) is 0 Å². The van der Waals surface area contributed by atoms with E-state index in [0.29, 0.717) is 12.8 Å². The second-order valence-electron chi connectivity index (χ2n) is 5.49. The molecule has 19 heavy (non-hydrogen) atoms. The second kappa shape index (κ2) is 5.94. The van der Waals surface area contributed by atoms with Crippen molar-refractivity contribution in [2.24, 2.45) is 7.05 Å². The summed E-state index contributed by atoms with van der Waals surface area (Å²) in [6, 6.07) is 0. The third-order valence-electron chi connectivity index (χ3n) is 4.24. The lowest BCUT2D eigenvalue weighted by Gasteiger charge is -2.41. The largest absolute Gasteiger partial charge is 0.393 e. The maximum Gasteiger partial charge on any atom is 0.0766 e. The first-order chi connectivity index (χ1) is 9.01. The topological polar surface area (TPSA) is 47.3 Å². The number of ether oxygens (including phenoxy) is 1. The first-order valence-electron chi connectivity index (χ1n) is 6.95. The average molecular weight is 331 g/mol. The zero-order valence-corrected chi connectivity index (χ0v) is 13.5. The third-order valence-corrected chi connectivity index (χ3v) is 5.15. The van der Waals surface area contributed by atoms with E-state index in [9.17, 15) is 5.11 Å². The van der Waals surface area contributed by atoms with Crippen molar-refractivity contribution >= 4 is 15.9 Å². The van der Waals surface area contributed by atoms with Gasteiger partial charge in [-0.2, -0.15) is 5.10 Å². The number of aliphatic hydroxyl groups is 1. The molecule has 0 saturated heterocycles. The van der Waals surface area contributed by atoms with Crippen LogP contribution in [0.5, 0.6) is 0 Å². The molecule has 1 aliphatic rings. The van der Waals surface area contributed by atoms with Gasteiger partial charge in [-0.25, -0.2) is 0 Å². The standard InChI is InChI=1S/C14H23BrN2O2/c1-4-11-13(15)12(17(2)16-11)8-10(18)9-14(19-3)6-5-7-14/h10,18H,4-9H2,1-3H3. The minimum Gasteiger partial charge on any atom is -0.393 e. The minimum absolute atomic E-state index is 0.0852. The molecule has 0 spiro atoms. The molecule has 2 rings (SSSR count). The van der Waals surface area contributed by atoms with Crippen LogP contribution in [-0.2, 0) is 24.6 Å². The summed E-state index contributed by atoms with van der Waals surface area (Å²) in [6.45, 7) is 2.08. The molecule has 1 fully saturated rings. The third kappa shape index (κ3) is 3.03. The Morgan fingerprint density at radius 1 is 1.53 bits per heavy atom. The number of hydrogen-bond acceptors (Lipinski definition) is 3. The number of aromatic nitrogens is 2. The summed E-state index contributed by atoms with van der Waals surface area (Å²) in [7, 11) is 3.68. The van der Waals surface area contributed by atoms with Gasteiger partial charge in [-0.15, -0.1) is 0 Å². The fourth-order valence-electron chi connectivity index (χ4n) is 2.83. The van der Waals surface area contributed by atoms with Gasteiger partial charge < -0.3 is 9.84 Å². The zero-order valence-electron chi connectivity index (χ0n) is 11.9. The molecule has 5 heteroatoms. The lowest BCUT2D eigenvalue weighted by Crippen LogP contribution is -2.42. The summed E-state index contributed by atoms with van der Waals surface area (Å²) in [5.74, 6) is 0. The Bertz CT molecular complexity index is 435. The SMILES string of the molecule is CCc1nn(C)c(CC(O)CC2(OC)CCC2)c1Br. The smallest absolute Gasteiger partial charge is 0.0766 e. The van der Waals surface area contributed by atoms with Gasteiger partial charge in [0.1, 0.15) is 0 Å². The second-order valence-corrected chi connectivity index (χ2v) is 6.28. The number of hydrogen-bond donors (Lipinski definition) is 1. The Kier molecular flexibility index (Phi) is 4.69. The van der Waals surface area contributed by atoms with Gasteiger partial charge in [-0.3, -0.25) is 4.68 Å². The summed E-state index contributed by atoms with van der Waals surface area (Å²) in [5.41, 5.74) is 2.03. The van der Waals surface area contributed by atoms with Gasteiger partial charge in [0.15, 0.2) is 0 Å². The molecule has 1 aromatic heterocycles. The van der Waals surface area contributed by atoms with Gasteiger partial charge >= 0.3 is 0 Å². The Balaban J connectivity index is 2.02. The monoisotopic (exact) mass is 330 g/mol. The summed E-state index contributed by atoms with van der Waals surface area (Å²) in [6.07, 6.45) is 5.18. The lowest BCUT2D eigenvalue weighted by atomic mass is 9.75. The molecular weight excluding hydrogens is 308 g/mol.